The lowest BCUT2D eigenvalue weighted by atomic mass is 9.44. The topological polar surface area (TPSA) is 63.6 Å². The molecule has 0 spiro atoms. The maximum atomic E-state index is 12.3. The zero-order valence-corrected chi connectivity index (χ0v) is 19.3. The van der Waals surface area contributed by atoms with Gasteiger partial charge in [0, 0.05) is 19.3 Å². The lowest BCUT2D eigenvalue weighted by Crippen LogP contribution is -2.66. The Labute approximate surface area is 177 Å². The first kappa shape index (κ1) is 20.8. The van der Waals surface area contributed by atoms with Crippen LogP contribution in [-0.2, 0) is 14.3 Å². The van der Waals surface area contributed by atoms with Gasteiger partial charge in [0.25, 0.3) is 0 Å². The largest absolute Gasteiger partial charge is 0.463 e. The summed E-state index contributed by atoms with van der Waals surface area (Å²) in [6.07, 6.45) is 7.15. The molecular weight excluding hydrogens is 420 g/mol. The monoisotopic (exact) mass is 454 g/mol. The average molecular weight is 455 g/mol. The predicted molar refractivity (Wildman–Crippen MR) is 111 cm³/mol. The van der Waals surface area contributed by atoms with Crippen molar-refractivity contribution < 1.29 is 19.4 Å². The predicted octanol–water partition coefficient (Wildman–Crippen LogP) is 4.65. The molecule has 9 atom stereocenters. The van der Waals surface area contributed by atoms with E-state index in [1.807, 2.05) is 0 Å². The Bertz CT molecular complexity index is 680. The molecule has 0 heterocycles. The molecule has 4 aliphatic rings. The Kier molecular flexibility index (Phi) is 5.06. The number of fused-ring (bicyclic) bond motifs is 5. The second-order valence-electron chi connectivity index (χ2n) is 10.7. The van der Waals surface area contributed by atoms with Crippen molar-refractivity contribution in [2.45, 2.75) is 95.6 Å². The molecule has 4 rings (SSSR count). The summed E-state index contributed by atoms with van der Waals surface area (Å²) in [5, 5.41) is 11.3. The van der Waals surface area contributed by atoms with Crippen molar-refractivity contribution in [1.82, 2.24) is 0 Å². The normalized spacial score (nSPS) is 52.9. The third-order valence-electron chi connectivity index (χ3n) is 9.56. The number of alkyl halides is 1. The molecule has 0 aromatic heterocycles. The molecule has 0 aliphatic heterocycles. The highest BCUT2D eigenvalue weighted by atomic mass is 79.9. The van der Waals surface area contributed by atoms with E-state index in [9.17, 15) is 14.7 Å². The zero-order chi connectivity index (χ0) is 20.5. The summed E-state index contributed by atoms with van der Waals surface area (Å²) in [6.45, 7) is 7.93. The number of hydrogen-bond acceptors (Lipinski definition) is 4. The minimum atomic E-state index is -0.448. The quantitative estimate of drug-likeness (QED) is 0.486. The number of hydrogen-bond donors (Lipinski definition) is 1. The first-order chi connectivity index (χ1) is 13.0. The molecule has 4 aliphatic carbocycles. The van der Waals surface area contributed by atoms with Crippen molar-refractivity contribution in [1.29, 1.82) is 0 Å². The van der Waals surface area contributed by atoms with Crippen LogP contribution in [-0.4, -0.2) is 33.4 Å². The molecule has 0 amide bonds. The zero-order valence-electron chi connectivity index (χ0n) is 17.7. The number of esters is 1. The van der Waals surface area contributed by atoms with E-state index in [4.69, 9.17) is 4.74 Å². The molecule has 4 saturated carbocycles. The fourth-order valence-electron chi connectivity index (χ4n) is 8.20. The van der Waals surface area contributed by atoms with E-state index in [0.717, 1.165) is 44.9 Å². The molecule has 3 unspecified atom stereocenters. The Hall–Kier alpha value is -0.420. The number of aliphatic hydroxyl groups is 1. The Morgan fingerprint density at radius 2 is 1.75 bits per heavy atom. The number of halogens is 1. The standard InChI is InChI=1S/C23H35BrO4/c1-13(25)17-5-6-18-16-11-20(27)23(24)12-15(28-14(2)26)7-10-22(23,4)19(16)8-9-21(17,18)3/h15-20,27H,5-12H2,1-4H3/t15-,16?,17+,18?,19?,20+,21+,22+,23-/m0/s1. The van der Waals surface area contributed by atoms with Crippen molar-refractivity contribution in [2.75, 3.05) is 0 Å². The van der Waals surface area contributed by atoms with E-state index in [-0.39, 0.29) is 28.8 Å². The van der Waals surface area contributed by atoms with Gasteiger partial charge in [0.15, 0.2) is 0 Å². The molecule has 0 bridgehead atoms. The summed E-state index contributed by atoms with van der Waals surface area (Å²) in [4.78, 5) is 23.8. The number of Topliss-reactive ketones (excluding diaryl/α,β-unsaturated/α-hetero) is 1. The van der Waals surface area contributed by atoms with E-state index in [1.54, 1.807) is 6.92 Å². The van der Waals surface area contributed by atoms with Crippen LogP contribution in [0.2, 0.25) is 0 Å². The first-order valence-electron chi connectivity index (χ1n) is 11.1. The molecule has 28 heavy (non-hydrogen) atoms. The van der Waals surface area contributed by atoms with Crippen LogP contribution in [0.3, 0.4) is 0 Å². The van der Waals surface area contributed by atoms with Crippen LogP contribution in [0.15, 0.2) is 0 Å². The van der Waals surface area contributed by atoms with E-state index in [0.29, 0.717) is 30.0 Å². The summed E-state index contributed by atoms with van der Waals surface area (Å²) in [6, 6.07) is 0. The van der Waals surface area contributed by atoms with Gasteiger partial charge in [-0.15, -0.1) is 0 Å². The van der Waals surface area contributed by atoms with Crippen molar-refractivity contribution in [2.24, 2.45) is 34.5 Å². The molecular formula is C23H35BrO4. The van der Waals surface area contributed by atoms with Crippen LogP contribution in [0.4, 0.5) is 0 Å². The van der Waals surface area contributed by atoms with Crippen molar-refractivity contribution in [3.8, 4) is 0 Å². The van der Waals surface area contributed by atoms with E-state index in [2.05, 4.69) is 29.8 Å². The molecule has 0 aromatic carbocycles. The van der Waals surface area contributed by atoms with Crippen molar-refractivity contribution >= 4 is 27.7 Å². The van der Waals surface area contributed by atoms with Gasteiger partial charge in [0.2, 0.25) is 0 Å². The fraction of sp³-hybridized carbons (Fsp3) is 0.913. The summed E-state index contributed by atoms with van der Waals surface area (Å²) < 4.78 is 5.15. The van der Waals surface area contributed by atoms with E-state index >= 15 is 0 Å². The van der Waals surface area contributed by atoms with E-state index in [1.165, 1.54) is 6.92 Å². The van der Waals surface area contributed by atoms with Crippen LogP contribution >= 0.6 is 15.9 Å². The minimum absolute atomic E-state index is 0.0123. The van der Waals surface area contributed by atoms with Gasteiger partial charge in [-0.05, 0) is 80.5 Å². The summed E-state index contributed by atoms with van der Waals surface area (Å²) in [7, 11) is 0. The average Bonchev–Trinajstić information content (AvgIpc) is 2.95. The highest BCUT2D eigenvalue weighted by Gasteiger charge is 2.67. The lowest BCUT2D eigenvalue weighted by Gasteiger charge is -2.65. The van der Waals surface area contributed by atoms with Crippen molar-refractivity contribution in [3.63, 3.8) is 0 Å². The molecule has 4 nitrogen and oxygen atoms in total. The van der Waals surface area contributed by atoms with E-state index < -0.39 is 10.4 Å². The van der Waals surface area contributed by atoms with Crippen LogP contribution < -0.4 is 0 Å². The van der Waals surface area contributed by atoms with Gasteiger partial charge >= 0.3 is 5.97 Å². The highest BCUT2D eigenvalue weighted by Crippen LogP contribution is 2.70. The number of rotatable bonds is 2. The van der Waals surface area contributed by atoms with Crippen LogP contribution in [0.1, 0.15) is 79.1 Å². The Morgan fingerprint density at radius 1 is 1.04 bits per heavy atom. The molecule has 0 radical (unpaired) electrons. The number of aliphatic hydroxyl groups excluding tert-OH is 1. The SMILES string of the molecule is CC(=O)O[C@H]1CC[C@]2(C)C3CC[C@@]4(C)C(CC[C@@H]4C(C)=O)C3C[C@@H](O)[C@@]2(Br)C1. The second-order valence-corrected chi connectivity index (χ2v) is 12.1. The maximum absolute atomic E-state index is 12.3. The molecule has 0 saturated heterocycles. The van der Waals surface area contributed by atoms with Gasteiger partial charge in [0.05, 0.1) is 10.4 Å². The van der Waals surface area contributed by atoms with Crippen molar-refractivity contribution in [3.05, 3.63) is 0 Å². The number of carbonyl (C=O) groups is 2. The molecule has 5 heteroatoms. The molecule has 158 valence electrons. The minimum Gasteiger partial charge on any atom is -0.463 e. The highest BCUT2D eigenvalue weighted by molar-refractivity contribution is 9.10. The van der Waals surface area contributed by atoms with Gasteiger partial charge in [-0.2, -0.15) is 0 Å². The number of ether oxygens (including phenoxy) is 1. The summed E-state index contributed by atoms with van der Waals surface area (Å²) in [5.74, 6) is 1.88. The first-order valence-corrected chi connectivity index (χ1v) is 11.9. The molecule has 1 N–H and O–H groups in total. The Morgan fingerprint density at radius 3 is 2.39 bits per heavy atom. The molecule has 0 aromatic rings. The molecule has 4 fully saturated rings. The van der Waals surface area contributed by atoms with Gasteiger partial charge < -0.3 is 9.84 Å². The fourth-order valence-corrected chi connectivity index (χ4v) is 9.24. The van der Waals surface area contributed by atoms with Gasteiger partial charge in [-0.3, -0.25) is 9.59 Å². The lowest BCUT2D eigenvalue weighted by molar-refractivity contribution is -0.170. The maximum Gasteiger partial charge on any atom is 0.302 e. The smallest absolute Gasteiger partial charge is 0.302 e. The second kappa shape index (κ2) is 6.80. The van der Waals surface area contributed by atoms with Gasteiger partial charge in [0.1, 0.15) is 11.9 Å². The third kappa shape index (κ3) is 2.78. The summed E-state index contributed by atoms with van der Waals surface area (Å²) >= 11 is 4.01. The van der Waals surface area contributed by atoms with Crippen LogP contribution in [0.25, 0.3) is 0 Å². The Balaban J connectivity index is 1.63. The van der Waals surface area contributed by atoms with Crippen LogP contribution in [0, 0.1) is 34.5 Å². The third-order valence-corrected chi connectivity index (χ3v) is 11.3. The van der Waals surface area contributed by atoms with Gasteiger partial charge in [-0.25, -0.2) is 0 Å². The van der Waals surface area contributed by atoms with Gasteiger partial charge in [-0.1, -0.05) is 29.8 Å². The van der Waals surface area contributed by atoms with Crippen LogP contribution in [0.5, 0.6) is 0 Å². The number of carbonyl (C=O) groups excluding carboxylic acids is 2. The number of ketones is 1. The summed E-state index contributed by atoms with van der Waals surface area (Å²) in [5.41, 5.74) is 0.0892.